The molecule has 0 unspecified atom stereocenters. The smallest absolute Gasteiger partial charge is 0.366 e. The van der Waals surface area contributed by atoms with Gasteiger partial charge in [0, 0.05) is 18.2 Å². The van der Waals surface area contributed by atoms with Crippen molar-refractivity contribution in [2.45, 2.75) is 6.54 Å². The number of nitro groups is 1. The summed E-state index contributed by atoms with van der Waals surface area (Å²) >= 11 is 0. The van der Waals surface area contributed by atoms with Crippen LogP contribution in [0.4, 0.5) is 20.3 Å². The highest BCUT2D eigenvalue weighted by atomic mass is 19.1. The Kier molecular flexibility index (Phi) is 3.18. The van der Waals surface area contributed by atoms with Crippen LogP contribution in [0.3, 0.4) is 0 Å². The summed E-state index contributed by atoms with van der Waals surface area (Å²) in [7, 11) is 0. The second-order valence-electron chi connectivity index (χ2n) is 3.48. The van der Waals surface area contributed by atoms with Crippen LogP contribution in [0.15, 0.2) is 24.4 Å². The molecular weight excluding hydrogens is 246 g/mol. The Labute approximate surface area is 99.8 Å². The quantitative estimate of drug-likeness (QED) is 0.647. The number of nitrogens with one attached hydrogen (secondary N) is 2. The number of benzene rings is 1. The lowest BCUT2D eigenvalue weighted by atomic mass is 10.2. The Balaban J connectivity index is 2.11. The first-order valence-electron chi connectivity index (χ1n) is 4.93. The summed E-state index contributed by atoms with van der Waals surface area (Å²) in [6.07, 6.45) is 1.22. The van der Waals surface area contributed by atoms with E-state index in [4.69, 9.17) is 0 Å². The molecule has 0 amide bonds. The third-order valence-electron chi connectivity index (χ3n) is 2.29. The molecule has 94 valence electrons. The average molecular weight is 254 g/mol. The molecule has 2 rings (SSSR count). The predicted molar refractivity (Wildman–Crippen MR) is 58.9 cm³/mol. The van der Waals surface area contributed by atoms with Crippen molar-refractivity contribution in [1.82, 2.24) is 10.2 Å². The summed E-state index contributed by atoms with van der Waals surface area (Å²) in [5, 5.41) is 18.9. The summed E-state index contributed by atoms with van der Waals surface area (Å²) in [4.78, 5) is 9.93. The lowest BCUT2D eigenvalue weighted by Crippen LogP contribution is -2.03. The van der Waals surface area contributed by atoms with Crippen LogP contribution < -0.4 is 5.32 Å². The van der Waals surface area contributed by atoms with E-state index in [1.807, 2.05) is 0 Å². The van der Waals surface area contributed by atoms with Gasteiger partial charge in [-0.15, -0.1) is 5.10 Å². The third kappa shape index (κ3) is 2.42. The first-order chi connectivity index (χ1) is 8.58. The minimum atomic E-state index is -0.714. The normalized spacial score (nSPS) is 10.3. The lowest BCUT2D eigenvalue weighted by Gasteiger charge is -2.05. The van der Waals surface area contributed by atoms with Gasteiger partial charge in [-0.05, 0) is 11.0 Å². The summed E-state index contributed by atoms with van der Waals surface area (Å²) in [5.41, 5.74) is 0.343. The summed E-state index contributed by atoms with van der Waals surface area (Å²) in [6, 6.07) is 3.13. The molecule has 0 atom stereocenters. The molecule has 0 fully saturated rings. The van der Waals surface area contributed by atoms with Gasteiger partial charge >= 0.3 is 5.82 Å². The van der Waals surface area contributed by atoms with Gasteiger partial charge in [0.15, 0.2) is 5.69 Å². The minimum absolute atomic E-state index is 0.00745. The van der Waals surface area contributed by atoms with E-state index in [0.717, 1.165) is 12.1 Å². The Bertz CT molecular complexity index is 585. The number of anilines is 1. The first-order valence-corrected chi connectivity index (χ1v) is 4.93. The molecule has 1 heterocycles. The van der Waals surface area contributed by atoms with E-state index >= 15 is 0 Å². The predicted octanol–water partition coefficient (Wildman–Crippen LogP) is 2.21. The third-order valence-corrected chi connectivity index (χ3v) is 2.29. The first kappa shape index (κ1) is 12.0. The topological polar surface area (TPSA) is 83.8 Å². The van der Waals surface area contributed by atoms with Gasteiger partial charge in [0.1, 0.15) is 17.8 Å². The summed E-state index contributed by atoms with van der Waals surface area (Å²) in [6.45, 7) is -0.00745. The molecular formula is C10H8F2N4O2. The fraction of sp³-hybridized carbons (Fsp3) is 0.100. The zero-order chi connectivity index (χ0) is 13.1. The van der Waals surface area contributed by atoms with E-state index in [0.29, 0.717) is 0 Å². The van der Waals surface area contributed by atoms with Crippen LogP contribution in [0, 0.1) is 21.7 Å². The Morgan fingerprint density at radius 2 is 2.22 bits per heavy atom. The van der Waals surface area contributed by atoms with Gasteiger partial charge in [-0.3, -0.25) is 0 Å². The number of H-pyrrole nitrogens is 1. The molecule has 0 aliphatic heterocycles. The van der Waals surface area contributed by atoms with Gasteiger partial charge in [-0.1, -0.05) is 11.2 Å². The van der Waals surface area contributed by atoms with E-state index in [2.05, 4.69) is 15.5 Å². The molecule has 2 N–H and O–H groups in total. The number of aromatic nitrogens is 2. The molecule has 8 heteroatoms. The van der Waals surface area contributed by atoms with E-state index in [1.165, 1.54) is 12.3 Å². The van der Waals surface area contributed by atoms with Crippen LogP contribution in [-0.2, 0) is 6.54 Å². The van der Waals surface area contributed by atoms with Crippen LogP contribution >= 0.6 is 0 Å². The van der Waals surface area contributed by atoms with Crippen molar-refractivity contribution in [2.24, 2.45) is 0 Å². The van der Waals surface area contributed by atoms with Gasteiger partial charge in [0.2, 0.25) is 0 Å². The molecule has 0 radical (unpaired) electrons. The largest absolute Gasteiger partial charge is 0.373 e. The standard InChI is InChI=1S/C10H8F2N4O2/c11-7-2-1-6(8(12)3-7)4-13-9-5-14-15-10(9)16(17)18/h1-3,5,13H,4H2,(H,14,15). The molecule has 0 saturated carbocycles. The van der Waals surface area contributed by atoms with Crippen molar-refractivity contribution in [3.05, 3.63) is 51.7 Å². The van der Waals surface area contributed by atoms with Crippen molar-refractivity contribution < 1.29 is 13.7 Å². The molecule has 0 aliphatic rings. The number of halogens is 2. The second-order valence-corrected chi connectivity index (χ2v) is 3.48. The van der Waals surface area contributed by atoms with Crippen molar-refractivity contribution >= 4 is 11.5 Å². The van der Waals surface area contributed by atoms with Crippen molar-refractivity contribution in [3.8, 4) is 0 Å². The van der Waals surface area contributed by atoms with Crippen molar-refractivity contribution in [1.29, 1.82) is 0 Å². The van der Waals surface area contributed by atoms with Crippen LogP contribution in [0.25, 0.3) is 0 Å². The zero-order valence-electron chi connectivity index (χ0n) is 8.98. The molecule has 1 aromatic carbocycles. The molecule has 18 heavy (non-hydrogen) atoms. The Morgan fingerprint density at radius 1 is 1.44 bits per heavy atom. The van der Waals surface area contributed by atoms with Crippen molar-refractivity contribution in [2.75, 3.05) is 5.32 Å². The Hall–Kier alpha value is -2.51. The van der Waals surface area contributed by atoms with Gasteiger partial charge in [-0.25, -0.2) is 8.78 Å². The highest BCUT2D eigenvalue weighted by Gasteiger charge is 2.14. The van der Waals surface area contributed by atoms with Gasteiger partial charge in [0.25, 0.3) is 0 Å². The van der Waals surface area contributed by atoms with E-state index in [9.17, 15) is 18.9 Å². The SMILES string of the molecule is O=[N+]([O-])c1[nH]ncc1NCc1ccc(F)cc1F. The molecule has 2 aromatic rings. The number of rotatable bonds is 4. The molecule has 0 bridgehead atoms. The minimum Gasteiger partial charge on any atom is -0.373 e. The van der Waals surface area contributed by atoms with Crippen LogP contribution in [0.1, 0.15) is 5.56 Å². The summed E-state index contributed by atoms with van der Waals surface area (Å²) < 4.78 is 26.0. The molecule has 1 aromatic heterocycles. The van der Waals surface area contributed by atoms with Crippen molar-refractivity contribution in [3.63, 3.8) is 0 Å². The number of hydrogen-bond acceptors (Lipinski definition) is 4. The Morgan fingerprint density at radius 3 is 2.89 bits per heavy atom. The fourth-order valence-corrected chi connectivity index (χ4v) is 1.40. The zero-order valence-corrected chi connectivity index (χ0v) is 8.98. The maximum atomic E-state index is 13.3. The van der Waals surface area contributed by atoms with Crippen LogP contribution in [0.2, 0.25) is 0 Å². The fourth-order valence-electron chi connectivity index (χ4n) is 1.40. The lowest BCUT2D eigenvalue weighted by molar-refractivity contribution is -0.388. The average Bonchev–Trinajstić information content (AvgIpc) is 2.76. The highest BCUT2D eigenvalue weighted by molar-refractivity contribution is 5.55. The number of nitrogens with zero attached hydrogens (tertiary/aromatic N) is 2. The monoisotopic (exact) mass is 254 g/mol. The van der Waals surface area contributed by atoms with Gasteiger partial charge in [-0.2, -0.15) is 0 Å². The number of hydrogen-bond donors (Lipinski definition) is 2. The summed E-state index contributed by atoms with van der Waals surface area (Å²) in [5.74, 6) is -1.70. The second kappa shape index (κ2) is 4.78. The molecule has 0 aliphatic carbocycles. The van der Waals surface area contributed by atoms with Gasteiger partial charge in [0.05, 0.1) is 0 Å². The van der Waals surface area contributed by atoms with Crippen LogP contribution in [-0.4, -0.2) is 15.1 Å². The maximum Gasteiger partial charge on any atom is 0.366 e. The van der Waals surface area contributed by atoms with E-state index < -0.39 is 16.6 Å². The van der Waals surface area contributed by atoms with E-state index in [1.54, 1.807) is 0 Å². The highest BCUT2D eigenvalue weighted by Crippen LogP contribution is 2.21. The molecule has 0 spiro atoms. The molecule has 0 saturated heterocycles. The van der Waals surface area contributed by atoms with Gasteiger partial charge < -0.3 is 15.4 Å². The van der Waals surface area contributed by atoms with Crippen LogP contribution in [0.5, 0.6) is 0 Å². The number of aromatic amines is 1. The van der Waals surface area contributed by atoms with E-state index in [-0.39, 0.29) is 23.6 Å². The molecule has 6 nitrogen and oxygen atoms in total. The maximum absolute atomic E-state index is 13.3.